The molecule has 11 heteroatoms. The molecule has 11 nitrogen and oxygen atoms in total. The number of nitrogens with one attached hydrogen (secondary N) is 1. The number of hydrogen-bond acceptors (Lipinski definition) is 7. The van der Waals surface area contributed by atoms with Gasteiger partial charge in [0.05, 0.1) is 28.4 Å². The van der Waals surface area contributed by atoms with Crippen LogP contribution in [0, 0.1) is 41.0 Å². The van der Waals surface area contributed by atoms with E-state index in [4.69, 9.17) is 4.74 Å². The average molecular weight is 425 g/mol. The molecule has 0 spiro atoms. The molecule has 0 aliphatic rings. The van der Waals surface area contributed by atoms with E-state index in [0.717, 1.165) is 15.8 Å². The maximum atomic E-state index is 12.4. The molecule has 0 fully saturated rings. The van der Waals surface area contributed by atoms with E-state index in [1.165, 1.54) is 24.3 Å². The summed E-state index contributed by atoms with van der Waals surface area (Å²) < 4.78 is 6.77. The fourth-order valence-electron chi connectivity index (χ4n) is 2.90. The van der Waals surface area contributed by atoms with Crippen molar-refractivity contribution >= 4 is 23.1 Å². The van der Waals surface area contributed by atoms with Crippen LogP contribution in [0.3, 0.4) is 0 Å². The maximum Gasteiger partial charge on any atom is 0.345 e. The van der Waals surface area contributed by atoms with Crippen molar-refractivity contribution in [1.82, 2.24) is 9.78 Å². The van der Waals surface area contributed by atoms with Crippen molar-refractivity contribution in [2.24, 2.45) is 0 Å². The van der Waals surface area contributed by atoms with Crippen molar-refractivity contribution in [2.45, 2.75) is 27.3 Å². The summed E-state index contributed by atoms with van der Waals surface area (Å²) in [5.41, 5.74) is 2.02. The summed E-state index contributed by atoms with van der Waals surface area (Å²) in [4.78, 5) is 33.6. The van der Waals surface area contributed by atoms with Crippen molar-refractivity contribution in [3.8, 4) is 11.5 Å². The number of carbonyl (C=O) groups is 1. The third-order valence-electron chi connectivity index (χ3n) is 4.32. The largest absolute Gasteiger partial charge is 0.457 e. The Bertz CT molecular complexity index is 1190. The number of anilines is 1. The van der Waals surface area contributed by atoms with E-state index in [1.807, 2.05) is 26.0 Å². The minimum Gasteiger partial charge on any atom is -0.457 e. The lowest BCUT2D eigenvalue weighted by Crippen LogP contribution is -2.20. The number of hydrogen-bond donors (Lipinski definition) is 1. The normalized spacial score (nSPS) is 10.5. The van der Waals surface area contributed by atoms with Crippen LogP contribution in [-0.4, -0.2) is 25.5 Å². The van der Waals surface area contributed by atoms with Crippen LogP contribution in [0.15, 0.2) is 42.5 Å². The highest BCUT2D eigenvalue weighted by Crippen LogP contribution is 2.31. The molecule has 31 heavy (non-hydrogen) atoms. The molecule has 0 unspecified atom stereocenters. The minimum absolute atomic E-state index is 0.117. The minimum atomic E-state index is -0.642. The monoisotopic (exact) mass is 425 g/mol. The Hall–Kier alpha value is -4.28. The number of non-ortho nitro benzene ring substituents is 1. The molecule has 1 aromatic heterocycles. The smallest absolute Gasteiger partial charge is 0.345 e. The highest BCUT2D eigenvalue weighted by atomic mass is 16.6. The second-order valence-electron chi connectivity index (χ2n) is 6.95. The second-order valence-corrected chi connectivity index (χ2v) is 6.95. The molecule has 2 aromatic carbocycles. The van der Waals surface area contributed by atoms with E-state index >= 15 is 0 Å². The van der Waals surface area contributed by atoms with Gasteiger partial charge >= 0.3 is 5.82 Å². The molecule has 160 valence electrons. The molecular weight excluding hydrogens is 406 g/mol. The van der Waals surface area contributed by atoms with Gasteiger partial charge in [0.1, 0.15) is 11.5 Å². The zero-order valence-electron chi connectivity index (χ0n) is 17.0. The first-order chi connectivity index (χ1) is 14.6. The Morgan fingerprint density at radius 3 is 2.48 bits per heavy atom. The summed E-state index contributed by atoms with van der Waals surface area (Å²) in [6, 6.07) is 10.7. The molecule has 0 saturated heterocycles. The topological polar surface area (TPSA) is 142 Å². The molecule has 1 heterocycles. The number of ether oxygens (including phenoxy) is 1. The van der Waals surface area contributed by atoms with Crippen LogP contribution in [-0.2, 0) is 11.3 Å². The number of rotatable bonds is 7. The van der Waals surface area contributed by atoms with Gasteiger partial charge in [-0.25, -0.2) is 0 Å². The maximum absolute atomic E-state index is 12.4. The Morgan fingerprint density at radius 1 is 1.06 bits per heavy atom. The first kappa shape index (κ1) is 21.4. The van der Waals surface area contributed by atoms with Crippen LogP contribution >= 0.6 is 0 Å². The first-order valence-corrected chi connectivity index (χ1v) is 9.15. The van der Waals surface area contributed by atoms with E-state index < -0.39 is 22.3 Å². The van der Waals surface area contributed by atoms with Crippen LogP contribution in [0.5, 0.6) is 11.5 Å². The number of nitro groups is 2. The van der Waals surface area contributed by atoms with Crippen LogP contribution < -0.4 is 10.1 Å². The molecule has 0 radical (unpaired) electrons. The van der Waals surface area contributed by atoms with Crippen molar-refractivity contribution in [3.63, 3.8) is 0 Å². The summed E-state index contributed by atoms with van der Waals surface area (Å²) in [6.45, 7) is 4.87. The van der Waals surface area contributed by atoms with E-state index in [9.17, 15) is 25.0 Å². The van der Waals surface area contributed by atoms with E-state index in [1.54, 1.807) is 13.0 Å². The molecule has 0 saturated carbocycles. The van der Waals surface area contributed by atoms with Gasteiger partial charge in [-0.1, -0.05) is 17.2 Å². The number of aromatic nitrogens is 2. The van der Waals surface area contributed by atoms with E-state index in [2.05, 4.69) is 10.4 Å². The molecule has 1 amide bonds. The number of nitrogens with zero attached hydrogens (tertiary/aromatic N) is 4. The molecule has 0 aliphatic heterocycles. The zero-order chi connectivity index (χ0) is 22.7. The van der Waals surface area contributed by atoms with Crippen LogP contribution in [0.25, 0.3) is 0 Å². The Balaban J connectivity index is 1.85. The Kier molecular flexibility index (Phi) is 5.95. The van der Waals surface area contributed by atoms with Crippen LogP contribution in [0.1, 0.15) is 16.8 Å². The number of amides is 1. The van der Waals surface area contributed by atoms with Crippen molar-refractivity contribution in [2.75, 3.05) is 5.32 Å². The molecule has 1 N–H and O–H groups in total. The Labute approximate surface area is 176 Å². The van der Waals surface area contributed by atoms with Gasteiger partial charge in [0.25, 0.3) is 11.6 Å². The van der Waals surface area contributed by atoms with E-state index in [0.29, 0.717) is 11.4 Å². The third-order valence-corrected chi connectivity index (χ3v) is 4.32. The number of benzene rings is 2. The van der Waals surface area contributed by atoms with Gasteiger partial charge in [-0.3, -0.25) is 14.9 Å². The lowest BCUT2D eigenvalue weighted by atomic mass is 10.1. The number of aryl methyl sites for hydroxylation is 3. The standard InChI is InChI=1S/C20H19N5O6/c1-12-4-5-13(2)18(6-12)31-17-9-15(8-16(10-17)24(27)28)21-19(26)11-23-20(25(29)30)7-14(3)22-23/h4-10H,11H2,1-3H3,(H,21,26). The van der Waals surface area contributed by atoms with Crippen molar-refractivity contribution in [1.29, 1.82) is 0 Å². The van der Waals surface area contributed by atoms with E-state index in [-0.39, 0.29) is 22.9 Å². The predicted molar refractivity (Wildman–Crippen MR) is 111 cm³/mol. The average Bonchev–Trinajstić information content (AvgIpc) is 3.04. The highest BCUT2D eigenvalue weighted by molar-refractivity contribution is 5.91. The lowest BCUT2D eigenvalue weighted by molar-refractivity contribution is -0.392. The zero-order valence-corrected chi connectivity index (χ0v) is 17.0. The summed E-state index contributed by atoms with van der Waals surface area (Å²) in [5.74, 6) is -0.269. The SMILES string of the molecule is Cc1ccc(C)c(Oc2cc(NC(=O)Cn3nc(C)cc3[N+](=O)[O-])cc([N+](=O)[O-])c2)c1. The third kappa shape index (κ3) is 5.21. The van der Waals surface area contributed by atoms with Gasteiger partial charge in [0.2, 0.25) is 0 Å². The Morgan fingerprint density at radius 2 is 1.81 bits per heavy atom. The summed E-state index contributed by atoms with van der Waals surface area (Å²) in [7, 11) is 0. The van der Waals surface area contributed by atoms with Gasteiger partial charge < -0.3 is 20.2 Å². The molecule has 3 aromatic rings. The molecule has 0 bridgehead atoms. The molecule has 0 atom stereocenters. The number of nitro benzene ring substituents is 1. The van der Waals surface area contributed by atoms with Gasteiger partial charge in [-0.2, -0.15) is 0 Å². The molecule has 3 rings (SSSR count). The quantitative estimate of drug-likeness (QED) is 0.444. The highest BCUT2D eigenvalue weighted by Gasteiger charge is 2.20. The summed E-state index contributed by atoms with van der Waals surface area (Å²) >= 11 is 0. The van der Waals surface area contributed by atoms with Crippen LogP contribution in [0.4, 0.5) is 17.2 Å². The van der Waals surface area contributed by atoms with Gasteiger partial charge in [-0.15, -0.1) is 4.68 Å². The van der Waals surface area contributed by atoms with Gasteiger partial charge in [0.15, 0.2) is 6.54 Å². The first-order valence-electron chi connectivity index (χ1n) is 9.15. The number of carbonyl (C=O) groups excluding carboxylic acids is 1. The van der Waals surface area contributed by atoms with Gasteiger partial charge in [-0.05, 0) is 42.9 Å². The predicted octanol–water partition coefficient (Wildman–Crippen LogP) is 4.06. The van der Waals surface area contributed by atoms with Crippen molar-refractivity contribution in [3.05, 3.63) is 79.5 Å². The fourth-order valence-corrected chi connectivity index (χ4v) is 2.90. The second kappa shape index (κ2) is 8.61. The summed E-state index contributed by atoms with van der Waals surface area (Å²) in [6.07, 6.45) is 0. The van der Waals surface area contributed by atoms with Gasteiger partial charge in [0, 0.05) is 12.1 Å². The van der Waals surface area contributed by atoms with Crippen molar-refractivity contribution < 1.29 is 19.4 Å². The lowest BCUT2D eigenvalue weighted by Gasteiger charge is -2.11. The fraction of sp³-hybridized carbons (Fsp3) is 0.200. The molecule has 0 aliphatic carbocycles. The van der Waals surface area contributed by atoms with Crippen LogP contribution in [0.2, 0.25) is 0 Å². The molecular formula is C20H19N5O6. The summed E-state index contributed by atoms with van der Waals surface area (Å²) in [5, 5.41) is 28.9.